The van der Waals surface area contributed by atoms with Crippen LogP contribution in [0.3, 0.4) is 0 Å². The highest BCUT2D eigenvalue weighted by molar-refractivity contribution is 6.30. The monoisotopic (exact) mass is 388 g/mol. The van der Waals surface area contributed by atoms with E-state index in [1.54, 1.807) is 4.90 Å². The van der Waals surface area contributed by atoms with Gasteiger partial charge in [-0.3, -0.25) is 9.89 Å². The maximum Gasteiger partial charge on any atom is 0.324 e. The van der Waals surface area contributed by atoms with Crippen molar-refractivity contribution in [2.75, 3.05) is 27.2 Å². The first kappa shape index (κ1) is 19.9. The number of hydrogen-bond acceptors (Lipinski definition) is 3. The Morgan fingerprint density at radius 2 is 2.00 bits per heavy atom. The normalized spacial score (nSPS) is 23.8. The highest BCUT2D eigenvalue weighted by Crippen LogP contribution is 2.40. The van der Waals surface area contributed by atoms with Gasteiger partial charge in [0, 0.05) is 30.2 Å². The summed E-state index contributed by atoms with van der Waals surface area (Å²) in [5, 5.41) is 3.92. The van der Waals surface area contributed by atoms with Crippen LogP contribution in [-0.4, -0.2) is 55.8 Å². The van der Waals surface area contributed by atoms with Crippen LogP contribution in [0.4, 0.5) is 10.5 Å². The molecule has 1 N–H and O–H groups in total. The van der Waals surface area contributed by atoms with E-state index in [0.717, 1.165) is 54.7 Å². The number of nitrogens with zero attached hydrogens (tertiary/aromatic N) is 3. The van der Waals surface area contributed by atoms with Gasteiger partial charge >= 0.3 is 6.03 Å². The molecule has 0 atom stereocenters. The molecule has 146 valence electrons. The summed E-state index contributed by atoms with van der Waals surface area (Å²) in [4.78, 5) is 21.1. The zero-order valence-corrected chi connectivity index (χ0v) is 17.2. The largest absolute Gasteiger partial charge is 0.324 e. The summed E-state index contributed by atoms with van der Waals surface area (Å²) in [7, 11) is 3.87. The van der Waals surface area contributed by atoms with Crippen molar-refractivity contribution in [2.24, 2.45) is 10.9 Å². The predicted molar refractivity (Wildman–Crippen MR) is 113 cm³/mol. The molecule has 1 aliphatic heterocycles. The van der Waals surface area contributed by atoms with E-state index in [1.165, 1.54) is 0 Å². The lowest BCUT2D eigenvalue weighted by Gasteiger charge is -2.43. The van der Waals surface area contributed by atoms with Crippen molar-refractivity contribution in [1.29, 1.82) is 0 Å². The fraction of sp³-hybridized carbons (Fsp3) is 0.524. The van der Waals surface area contributed by atoms with Gasteiger partial charge in [0.25, 0.3) is 0 Å². The summed E-state index contributed by atoms with van der Waals surface area (Å²) in [6.45, 7) is 7.45. The number of nitrogens with one attached hydrogen (secondary N) is 1. The van der Waals surface area contributed by atoms with Gasteiger partial charge in [-0.05, 0) is 82.6 Å². The molecule has 1 heterocycles. The number of likely N-dealkylation sites (N-methyl/N-ethyl adjacent to an activating group) is 1. The van der Waals surface area contributed by atoms with Gasteiger partial charge in [0.05, 0.1) is 11.4 Å². The molecule has 0 aromatic heterocycles. The van der Waals surface area contributed by atoms with E-state index in [1.807, 2.05) is 37.2 Å². The molecule has 1 fully saturated rings. The lowest BCUT2D eigenvalue weighted by atomic mass is 9.84. The summed E-state index contributed by atoms with van der Waals surface area (Å²) in [5.41, 5.74) is 3.77. The quantitative estimate of drug-likeness (QED) is 0.752. The summed E-state index contributed by atoms with van der Waals surface area (Å²) in [6, 6.07) is 5.85. The summed E-state index contributed by atoms with van der Waals surface area (Å²) >= 11 is 6.29. The topological polar surface area (TPSA) is 47.9 Å². The number of carbonyl (C=O) groups is 1. The number of rotatable bonds is 5. The zero-order chi connectivity index (χ0) is 19.6. The summed E-state index contributed by atoms with van der Waals surface area (Å²) < 4.78 is 0. The van der Waals surface area contributed by atoms with Crippen molar-refractivity contribution in [3.8, 4) is 0 Å². The molecule has 27 heavy (non-hydrogen) atoms. The SMILES string of the molecule is C=Nc1ccc(Cl)cc1C1=C(C)CN(C)C(=O)N1[C@H]1CC[C@H](CNC)CC1. The Kier molecular flexibility index (Phi) is 6.22. The Balaban J connectivity index is 2.00. The van der Waals surface area contributed by atoms with Gasteiger partial charge in [0.15, 0.2) is 0 Å². The molecule has 0 saturated heterocycles. The van der Waals surface area contributed by atoms with E-state index in [9.17, 15) is 4.79 Å². The first-order valence-corrected chi connectivity index (χ1v) is 9.99. The highest BCUT2D eigenvalue weighted by atomic mass is 35.5. The molecule has 2 amide bonds. The molecular formula is C21H29ClN4O. The van der Waals surface area contributed by atoms with Gasteiger partial charge in [-0.2, -0.15) is 0 Å². The number of aliphatic imine (C=N–C) groups is 1. The van der Waals surface area contributed by atoms with Crippen LogP contribution in [0, 0.1) is 5.92 Å². The molecule has 0 unspecified atom stereocenters. The zero-order valence-electron chi connectivity index (χ0n) is 16.5. The molecule has 1 aromatic carbocycles. The van der Waals surface area contributed by atoms with E-state index < -0.39 is 0 Å². The minimum absolute atomic E-state index is 0.0580. The fourth-order valence-electron chi connectivity index (χ4n) is 4.41. The summed E-state index contributed by atoms with van der Waals surface area (Å²) in [5.74, 6) is 0.689. The third-order valence-corrected chi connectivity index (χ3v) is 5.95. The molecule has 1 aromatic rings. The number of urea groups is 1. The van der Waals surface area contributed by atoms with Crippen LogP contribution < -0.4 is 5.32 Å². The van der Waals surface area contributed by atoms with Crippen molar-refractivity contribution in [2.45, 2.75) is 38.6 Å². The predicted octanol–water partition coefficient (Wildman–Crippen LogP) is 4.55. The van der Waals surface area contributed by atoms with Gasteiger partial charge in [-0.15, -0.1) is 0 Å². The third-order valence-electron chi connectivity index (χ3n) is 5.71. The van der Waals surface area contributed by atoms with Gasteiger partial charge in [0.2, 0.25) is 0 Å². The van der Waals surface area contributed by atoms with E-state index in [4.69, 9.17) is 11.6 Å². The van der Waals surface area contributed by atoms with E-state index in [0.29, 0.717) is 17.5 Å². The molecule has 2 aliphatic rings. The van der Waals surface area contributed by atoms with Gasteiger partial charge in [0.1, 0.15) is 0 Å². The first-order chi connectivity index (χ1) is 13.0. The number of benzene rings is 1. The molecule has 6 heteroatoms. The van der Waals surface area contributed by atoms with Gasteiger partial charge in [-0.25, -0.2) is 4.79 Å². The minimum atomic E-state index is 0.0580. The van der Waals surface area contributed by atoms with Crippen molar-refractivity contribution < 1.29 is 4.79 Å². The molecule has 0 radical (unpaired) electrons. The second-order valence-corrected chi connectivity index (χ2v) is 8.13. The molecule has 5 nitrogen and oxygen atoms in total. The summed E-state index contributed by atoms with van der Waals surface area (Å²) in [6.07, 6.45) is 4.29. The third kappa shape index (κ3) is 4.04. The van der Waals surface area contributed by atoms with Gasteiger partial charge < -0.3 is 10.2 Å². The smallest absolute Gasteiger partial charge is 0.323 e. The number of hydrogen-bond donors (Lipinski definition) is 1. The lowest BCUT2D eigenvalue weighted by Crippen LogP contribution is -2.51. The van der Waals surface area contributed by atoms with Crippen molar-refractivity contribution in [3.63, 3.8) is 0 Å². The molecule has 0 spiro atoms. The maximum atomic E-state index is 13.2. The van der Waals surface area contributed by atoms with Crippen molar-refractivity contribution in [3.05, 3.63) is 34.4 Å². The Morgan fingerprint density at radius 1 is 1.30 bits per heavy atom. The average Bonchev–Trinajstić information content (AvgIpc) is 2.65. The molecule has 0 bridgehead atoms. The number of amides is 2. The van der Waals surface area contributed by atoms with Crippen LogP contribution in [0.5, 0.6) is 0 Å². The van der Waals surface area contributed by atoms with Crippen molar-refractivity contribution in [1.82, 2.24) is 15.1 Å². The standard InChI is InChI=1S/C21H29ClN4O/c1-14-13-25(4)21(27)26(17-8-5-15(6-9-17)12-23-2)20(14)18-11-16(22)7-10-19(18)24-3/h7,10-11,15,17,23H,3,5-6,8-9,12-13H2,1-2,4H3/t15-,17-. The second kappa shape index (κ2) is 8.44. The van der Waals surface area contributed by atoms with Crippen LogP contribution in [0.2, 0.25) is 5.02 Å². The van der Waals surface area contributed by atoms with Crippen LogP contribution in [-0.2, 0) is 0 Å². The van der Waals surface area contributed by atoms with Crippen LogP contribution in [0.25, 0.3) is 5.70 Å². The highest BCUT2D eigenvalue weighted by Gasteiger charge is 2.37. The van der Waals surface area contributed by atoms with E-state index in [-0.39, 0.29) is 12.1 Å². The van der Waals surface area contributed by atoms with Crippen LogP contribution in [0.1, 0.15) is 38.2 Å². The van der Waals surface area contributed by atoms with E-state index >= 15 is 0 Å². The number of halogens is 1. The van der Waals surface area contributed by atoms with Crippen LogP contribution >= 0.6 is 11.6 Å². The van der Waals surface area contributed by atoms with Crippen LogP contribution in [0.15, 0.2) is 28.8 Å². The Hall–Kier alpha value is -1.85. The average molecular weight is 389 g/mol. The lowest BCUT2D eigenvalue weighted by molar-refractivity contribution is 0.146. The molecule has 1 saturated carbocycles. The maximum absolute atomic E-state index is 13.2. The van der Waals surface area contributed by atoms with E-state index in [2.05, 4.69) is 24.0 Å². The molecule has 1 aliphatic carbocycles. The Morgan fingerprint density at radius 3 is 2.63 bits per heavy atom. The van der Waals surface area contributed by atoms with Crippen molar-refractivity contribution >= 4 is 35.7 Å². The van der Waals surface area contributed by atoms with Gasteiger partial charge in [-0.1, -0.05) is 11.6 Å². The second-order valence-electron chi connectivity index (χ2n) is 7.69. The molecular weight excluding hydrogens is 360 g/mol. The fourth-order valence-corrected chi connectivity index (χ4v) is 4.59. The minimum Gasteiger partial charge on any atom is -0.323 e. The Labute approximate surface area is 167 Å². The first-order valence-electron chi connectivity index (χ1n) is 9.61. The Bertz CT molecular complexity index is 753. The molecule has 3 rings (SSSR count). The number of carbonyl (C=O) groups excluding carboxylic acids is 1.